The second-order valence-electron chi connectivity index (χ2n) is 9.86. The topological polar surface area (TPSA) is 103 Å². The van der Waals surface area contributed by atoms with Gasteiger partial charge in [-0.15, -0.1) is 0 Å². The van der Waals surface area contributed by atoms with E-state index in [1.807, 2.05) is 85.8 Å². The van der Waals surface area contributed by atoms with E-state index in [9.17, 15) is 14.7 Å². The number of hydrogen-bond donors (Lipinski definition) is 2. The summed E-state index contributed by atoms with van der Waals surface area (Å²) < 4.78 is 19.7. The number of methoxy groups -OCH3 is 1. The van der Waals surface area contributed by atoms with Crippen molar-refractivity contribution in [2.24, 2.45) is 0 Å². The van der Waals surface area contributed by atoms with Gasteiger partial charge in [0.1, 0.15) is 23.7 Å². The molecular weight excluding hydrogens is 496 g/mol. The fourth-order valence-corrected chi connectivity index (χ4v) is 5.08. The number of benzene rings is 3. The van der Waals surface area contributed by atoms with E-state index in [2.05, 4.69) is 4.98 Å². The van der Waals surface area contributed by atoms with Crippen molar-refractivity contribution in [1.29, 1.82) is 0 Å². The Bertz CT molecular complexity index is 1530. The Labute approximate surface area is 226 Å². The maximum Gasteiger partial charge on any atom is 0.330 e. The predicted molar refractivity (Wildman–Crippen MR) is 147 cm³/mol. The molecule has 3 aromatic carbocycles. The quantitative estimate of drug-likeness (QED) is 0.337. The Hall–Kier alpha value is -3.98. The number of aliphatic hydroxyl groups excluding tert-OH is 1. The van der Waals surface area contributed by atoms with Crippen LogP contribution in [0.15, 0.2) is 94.6 Å². The smallest absolute Gasteiger partial charge is 0.330 e. The van der Waals surface area contributed by atoms with Gasteiger partial charge in [0.05, 0.1) is 19.8 Å². The highest BCUT2D eigenvalue weighted by atomic mass is 16.6. The lowest BCUT2D eigenvalue weighted by Crippen LogP contribution is -2.38. The summed E-state index contributed by atoms with van der Waals surface area (Å²) in [6.07, 6.45) is -0.676. The summed E-state index contributed by atoms with van der Waals surface area (Å²) in [4.78, 5) is 26.6. The maximum atomic E-state index is 12.4. The highest BCUT2D eigenvalue weighted by Gasteiger charge is 2.42. The van der Waals surface area contributed by atoms with Crippen LogP contribution in [0.2, 0.25) is 0 Å². The summed E-state index contributed by atoms with van der Waals surface area (Å²) in [7, 11) is 1.63. The molecule has 1 saturated heterocycles. The number of aromatic nitrogens is 2. The number of H-pyrrole nitrogens is 1. The van der Waals surface area contributed by atoms with E-state index in [-0.39, 0.29) is 13.0 Å². The van der Waals surface area contributed by atoms with Gasteiger partial charge < -0.3 is 19.3 Å². The maximum absolute atomic E-state index is 12.4. The molecule has 2 N–H and O–H groups in total. The molecule has 2 heterocycles. The molecule has 0 radical (unpaired) electrons. The van der Waals surface area contributed by atoms with Gasteiger partial charge in [-0.05, 0) is 42.7 Å². The molecule has 0 bridgehead atoms. The van der Waals surface area contributed by atoms with Gasteiger partial charge in [-0.3, -0.25) is 14.3 Å². The molecular formula is C31H32N2O6. The monoisotopic (exact) mass is 528 g/mol. The van der Waals surface area contributed by atoms with Crippen LogP contribution in [0.3, 0.4) is 0 Å². The summed E-state index contributed by atoms with van der Waals surface area (Å²) in [6.45, 7) is 3.69. The predicted octanol–water partition coefficient (Wildman–Crippen LogP) is 3.82. The summed E-state index contributed by atoms with van der Waals surface area (Å²) >= 11 is 0. The van der Waals surface area contributed by atoms with Gasteiger partial charge in [0, 0.05) is 18.2 Å². The normalized spacial score (nSPS) is 20.5. The van der Waals surface area contributed by atoms with Gasteiger partial charge in [0.15, 0.2) is 0 Å². The molecule has 5 rings (SSSR count). The molecule has 1 aliphatic heterocycles. The molecule has 4 atom stereocenters. The van der Waals surface area contributed by atoms with Crippen molar-refractivity contribution < 1.29 is 19.3 Å². The minimum atomic E-state index is -1.02. The Balaban J connectivity index is 1.53. The SMILES string of the molecule is COc1ccc(C(OC[C@H]2OC(n3cc(C)c(=O)[nH]c3=O)C[C@@H]2O)(c2ccccc2)c2ccc(C)cc2)cc1. The van der Waals surface area contributed by atoms with E-state index in [0.717, 1.165) is 28.0 Å². The molecule has 0 amide bonds. The first kappa shape index (κ1) is 26.6. The Morgan fingerprint density at radius 3 is 2.21 bits per heavy atom. The number of aliphatic hydroxyl groups is 1. The van der Waals surface area contributed by atoms with Crippen LogP contribution in [0.4, 0.5) is 0 Å². The lowest BCUT2D eigenvalue weighted by Gasteiger charge is -2.37. The average Bonchev–Trinajstić information content (AvgIpc) is 3.32. The Kier molecular flexibility index (Phi) is 7.52. The summed E-state index contributed by atoms with van der Waals surface area (Å²) in [6, 6.07) is 25.8. The van der Waals surface area contributed by atoms with E-state index in [0.29, 0.717) is 5.56 Å². The van der Waals surface area contributed by atoms with Gasteiger partial charge in [-0.2, -0.15) is 0 Å². The lowest BCUT2D eigenvalue weighted by molar-refractivity contribution is -0.0944. The van der Waals surface area contributed by atoms with Gasteiger partial charge in [-0.1, -0.05) is 72.3 Å². The third-order valence-corrected chi connectivity index (χ3v) is 7.26. The lowest BCUT2D eigenvalue weighted by atomic mass is 9.79. The number of rotatable bonds is 8. The van der Waals surface area contributed by atoms with Crippen molar-refractivity contribution in [2.75, 3.05) is 13.7 Å². The Morgan fingerprint density at radius 1 is 0.949 bits per heavy atom. The number of aryl methyl sites for hydroxylation is 2. The highest BCUT2D eigenvalue weighted by molar-refractivity contribution is 5.49. The van der Waals surface area contributed by atoms with E-state index in [4.69, 9.17) is 14.2 Å². The first-order chi connectivity index (χ1) is 18.8. The molecule has 1 aromatic heterocycles. The van der Waals surface area contributed by atoms with Crippen molar-refractivity contribution in [3.8, 4) is 5.75 Å². The van der Waals surface area contributed by atoms with Crippen LogP contribution < -0.4 is 16.0 Å². The van der Waals surface area contributed by atoms with Crippen molar-refractivity contribution in [1.82, 2.24) is 9.55 Å². The summed E-state index contributed by atoms with van der Waals surface area (Å²) in [5, 5.41) is 10.9. The van der Waals surface area contributed by atoms with Crippen molar-refractivity contribution in [2.45, 2.75) is 44.3 Å². The van der Waals surface area contributed by atoms with Crippen molar-refractivity contribution in [3.63, 3.8) is 0 Å². The first-order valence-corrected chi connectivity index (χ1v) is 12.9. The molecule has 4 aromatic rings. The molecule has 8 heteroatoms. The summed E-state index contributed by atoms with van der Waals surface area (Å²) in [5.74, 6) is 0.726. The zero-order valence-electron chi connectivity index (χ0n) is 22.2. The molecule has 1 fully saturated rings. The second-order valence-corrected chi connectivity index (χ2v) is 9.86. The molecule has 202 valence electrons. The largest absolute Gasteiger partial charge is 0.497 e. The second kappa shape index (κ2) is 11.0. The van der Waals surface area contributed by atoms with Crippen LogP contribution in [-0.2, 0) is 15.1 Å². The number of ether oxygens (including phenoxy) is 3. The van der Waals surface area contributed by atoms with E-state index in [1.165, 1.54) is 10.8 Å². The number of aromatic amines is 1. The van der Waals surface area contributed by atoms with Crippen molar-refractivity contribution >= 4 is 0 Å². The molecule has 0 aliphatic carbocycles. The molecule has 0 spiro atoms. The summed E-state index contributed by atoms with van der Waals surface area (Å²) in [5.41, 5.74) is 2.17. The van der Waals surface area contributed by atoms with Gasteiger partial charge in [-0.25, -0.2) is 4.79 Å². The average molecular weight is 529 g/mol. The van der Waals surface area contributed by atoms with E-state index >= 15 is 0 Å². The third kappa shape index (κ3) is 5.18. The molecule has 1 aliphatic rings. The number of nitrogens with zero attached hydrogens (tertiary/aromatic N) is 1. The zero-order valence-corrected chi connectivity index (χ0v) is 22.2. The highest BCUT2D eigenvalue weighted by Crippen LogP contribution is 2.42. The van der Waals surface area contributed by atoms with Crippen LogP contribution in [0.5, 0.6) is 5.75 Å². The minimum Gasteiger partial charge on any atom is -0.497 e. The van der Waals surface area contributed by atoms with Gasteiger partial charge in [0.2, 0.25) is 0 Å². The van der Waals surface area contributed by atoms with Crippen LogP contribution in [0.1, 0.15) is 40.5 Å². The molecule has 0 saturated carbocycles. The number of nitrogens with one attached hydrogen (secondary N) is 1. The van der Waals surface area contributed by atoms with Crippen LogP contribution in [0, 0.1) is 13.8 Å². The Morgan fingerprint density at radius 2 is 1.56 bits per heavy atom. The zero-order chi connectivity index (χ0) is 27.6. The molecule has 2 unspecified atom stereocenters. The van der Waals surface area contributed by atoms with E-state index in [1.54, 1.807) is 14.0 Å². The first-order valence-electron chi connectivity index (χ1n) is 12.9. The van der Waals surface area contributed by atoms with E-state index < -0.39 is 35.3 Å². The van der Waals surface area contributed by atoms with Crippen LogP contribution >= 0.6 is 0 Å². The minimum absolute atomic E-state index is 0.0452. The van der Waals surface area contributed by atoms with Gasteiger partial charge in [0.25, 0.3) is 5.56 Å². The number of hydrogen-bond acceptors (Lipinski definition) is 6. The van der Waals surface area contributed by atoms with Crippen molar-refractivity contribution in [3.05, 3.63) is 134 Å². The van der Waals surface area contributed by atoms with Gasteiger partial charge >= 0.3 is 5.69 Å². The standard InChI is InChI=1S/C31H32N2O6/c1-20-9-11-23(12-10-20)31(22-7-5-4-6-8-22,24-13-15-25(37-3)16-14-24)38-19-27-26(34)17-28(39-27)33-18-21(2)29(35)32-30(33)36/h4-16,18,26-28,34H,17,19H2,1-3H3,(H,32,35,36)/t26-,27+,28?,31?/m0/s1. The molecule has 8 nitrogen and oxygen atoms in total. The third-order valence-electron chi connectivity index (χ3n) is 7.26. The van der Waals surface area contributed by atoms with Crippen LogP contribution in [0.25, 0.3) is 0 Å². The van der Waals surface area contributed by atoms with Crippen LogP contribution in [-0.4, -0.2) is 40.6 Å². The fourth-order valence-electron chi connectivity index (χ4n) is 5.08. The fraction of sp³-hybridized carbons (Fsp3) is 0.290. The molecule has 39 heavy (non-hydrogen) atoms.